The van der Waals surface area contributed by atoms with Crippen LogP contribution in [0.4, 0.5) is 39.9 Å². The lowest BCUT2D eigenvalue weighted by Gasteiger charge is -2.20. The van der Waals surface area contributed by atoms with E-state index in [4.69, 9.17) is 9.84 Å². The molecule has 0 bridgehead atoms. The molecule has 0 aliphatic heterocycles. The number of carbonyl (C=O) groups is 1. The molecule has 7 nitrogen and oxygen atoms in total. The second-order valence-electron chi connectivity index (χ2n) is 9.28. The van der Waals surface area contributed by atoms with Crippen LogP contribution in [0.3, 0.4) is 0 Å². The van der Waals surface area contributed by atoms with Gasteiger partial charge in [-0.2, -0.15) is 40.2 Å². The zero-order valence-electron chi connectivity index (χ0n) is 22.3. The van der Waals surface area contributed by atoms with Crippen LogP contribution in [0.2, 0.25) is 0 Å². The number of halogens is 8. The summed E-state index contributed by atoms with van der Waals surface area (Å²) in [5, 5.41) is 12.3. The van der Waals surface area contributed by atoms with Crippen LogP contribution >= 0.6 is 0 Å². The Hall–Kier alpha value is -5.47. The zero-order valence-corrected chi connectivity index (χ0v) is 22.3. The number of pyridine rings is 1. The van der Waals surface area contributed by atoms with Gasteiger partial charge in [0.1, 0.15) is 5.75 Å². The minimum atomic E-state index is -5.11. The first-order valence-corrected chi connectivity index (χ1v) is 12.6. The van der Waals surface area contributed by atoms with Crippen molar-refractivity contribution in [1.82, 2.24) is 14.8 Å². The van der Waals surface area contributed by atoms with Gasteiger partial charge in [0.2, 0.25) is 0 Å². The highest BCUT2D eigenvalue weighted by Crippen LogP contribution is 2.40. The lowest BCUT2D eigenvalue weighted by Crippen LogP contribution is -2.22. The molecule has 0 aliphatic carbocycles. The maximum absolute atomic E-state index is 15.3. The minimum Gasteiger partial charge on any atom is -0.449 e. The van der Waals surface area contributed by atoms with Gasteiger partial charge in [0.05, 0.1) is 23.0 Å². The Kier molecular flexibility index (Phi) is 7.95. The van der Waals surface area contributed by atoms with Crippen LogP contribution < -0.4 is 9.47 Å². The third kappa shape index (κ3) is 6.71. The smallest absolute Gasteiger partial charge is 0.449 e. The SMILES string of the molecule is O=C(O)Oc1cnn(-c2cccc(-c3ccccc3OC(F)(F)c3ccc(-c4ccc(C(F)(F)F)cc4)cc3)n2)c1C(F)(F)F. The standard InChI is InChI=1S/C30H17F8N3O4/c31-28(32,33)19-12-8-17(9-13-19)18-10-14-20(15-11-18)30(37,38)45-23-6-2-1-4-21(23)22-5-3-7-25(40-22)41-26(29(34,35)36)24(16-39-41)44-27(42)43/h1-16H,(H,42,43). The second-order valence-corrected chi connectivity index (χ2v) is 9.28. The number of aromatic nitrogens is 3. The average Bonchev–Trinajstić information content (AvgIpc) is 3.41. The summed E-state index contributed by atoms with van der Waals surface area (Å²) in [6, 6.07) is 18.0. The molecule has 45 heavy (non-hydrogen) atoms. The van der Waals surface area contributed by atoms with Gasteiger partial charge in [-0.25, -0.2) is 14.5 Å². The number of rotatable bonds is 7. The van der Waals surface area contributed by atoms with Gasteiger partial charge in [0, 0.05) is 5.56 Å². The predicted octanol–water partition coefficient (Wildman–Crippen LogP) is 8.82. The summed E-state index contributed by atoms with van der Waals surface area (Å²) in [7, 11) is 0. The molecule has 0 radical (unpaired) electrons. The van der Waals surface area contributed by atoms with Gasteiger partial charge in [0.25, 0.3) is 0 Å². The molecule has 0 amide bonds. The summed E-state index contributed by atoms with van der Waals surface area (Å²) in [5.74, 6) is -1.90. The molecule has 1 N–H and O–H groups in total. The highest BCUT2D eigenvalue weighted by atomic mass is 19.4. The number of nitrogens with zero attached hydrogens (tertiary/aromatic N) is 3. The molecule has 5 aromatic rings. The number of ether oxygens (including phenoxy) is 2. The topological polar surface area (TPSA) is 86.5 Å². The van der Waals surface area contributed by atoms with Gasteiger partial charge in [0.15, 0.2) is 17.3 Å². The number of para-hydroxylation sites is 1. The Bertz CT molecular complexity index is 1830. The van der Waals surface area contributed by atoms with E-state index in [0.29, 0.717) is 22.0 Å². The average molecular weight is 635 g/mol. The van der Waals surface area contributed by atoms with Gasteiger partial charge in [-0.1, -0.05) is 42.5 Å². The third-order valence-electron chi connectivity index (χ3n) is 6.32. The summed E-state index contributed by atoms with van der Waals surface area (Å²) in [6.07, 6.45) is -15.0. The van der Waals surface area contributed by atoms with E-state index in [0.717, 1.165) is 30.3 Å². The molecule has 232 valence electrons. The number of carboxylic acid groups (broad SMARTS) is 1. The summed E-state index contributed by atoms with van der Waals surface area (Å²) in [5.41, 5.74) is -2.38. The monoisotopic (exact) mass is 635 g/mol. The zero-order chi connectivity index (χ0) is 32.6. The summed E-state index contributed by atoms with van der Waals surface area (Å²) in [4.78, 5) is 15.0. The molecular weight excluding hydrogens is 618 g/mol. The van der Waals surface area contributed by atoms with Crippen LogP contribution in [0.1, 0.15) is 16.8 Å². The Morgan fingerprint density at radius 3 is 1.87 bits per heavy atom. The lowest BCUT2D eigenvalue weighted by molar-refractivity contribution is -0.185. The van der Waals surface area contributed by atoms with E-state index in [2.05, 4.69) is 14.8 Å². The van der Waals surface area contributed by atoms with Crippen molar-refractivity contribution in [3.63, 3.8) is 0 Å². The fourth-order valence-corrected chi connectivity index (χ4v) is 4.30. The molecule has 0 fully saturated rings. The highest BCUT2D eigenvalue weighted by Gasteiger charge is 2.41. The number of hydrogen-bond acceptors (Lipinski definition) is 5. The van der Waals surface area contributed by atoms with Crippen LogP contribution in [0.25, 0.3) is 28.2 Å². The van der Waals surface area contributed by atoms with E-state index in [1.165, 1.54) is 60.7 Å². The Balaban J connectivity index is 1.43. The van der Waals surface area contributed by atoms with E-state index in [9.17, 15) is 31.1 Å². The van der Waals surface area contributed by atoms with Gasteiger partial charge in [-0.15, -0.1) is 0 Å². The first kappa shape index (κ1) is 31.0. The molecule has 15 heteroatoms. The highest BCUT2D eigenvalue weighted by molar-refractivity contribution is 5.68. The van der Waals surface area contributed by atoms with E-state index < -0.39 is 53.0 Å². The van der Waals surface area contributed by atoms with Crippen LogP contribution in [-0.4, -0.2) is 26.0 Å². The van der Waals surface area contributed by atoms with Crippen molar-refractivity contribution >= 4 is 6.16 Å². The largest absolute Gasteiger partial charge is 0.511 e. The normalized spacial score (nSPS) is 12.2. The minimum absolute atomic E-state index is 0.0249. The van der Waals surface area contributed by atoms with Crippen LogP contribution in [-0.2, 0) is 18.5 Å². The molecule has 3 aromatic carbocycles. The van der Waals surface area contributed by atoms with Crippen molar-refractivity contribution in [1.29, 1.82) is 0 Å². The van der Waals surface area contributed by atoms with E-state index >= 15 is 8.78 Å². The molecule has 5 rings (SSSR count). The summed E-state index contributed by atoms with van der Waals surface area (Å²) < 4.78 is 120. The van der Waals surface area contributed by atoms with Gasteiger partial charge in [-0.3, -0.25) is 0 Å². The first-order chi connectivity index (χ1) is 21.1. The van der Waals surface area contributed by atoms with Crippen molar-refractivity contribution in [2.45, 2.75) is 18.5 Å². The quantitative estimate of drug-likeness (QED) is 0.142. The predicted molar refractivity (Wildman–Crippen MR) is 142 cm³/mol. The first-order valence-electron chi connectivity index (χ1n) is 12.6. The fourth-order valence-electron chi connectivity index (χ4n) is 4.30. The maximum Gasteiger partial charge on any atom is 0.511 e. The van der Waals surface area contributed by atoms with Crippen LogP contribution in [0.5, 0.6) is 11.5 Å². The van der Waals surface area contributed by atoms with Crippen molar-refractivity contribution in [2.24, 2.45) is 0 Å². The Morgan fingerprint density at radius 1 is 0.689 bits per heavy atom. The van der Waals surface area contributed by atoms with Crippen molar-refractivity contribution in [3.8, 4) is 39.7 Å². The molecule has 0 spiro atoms. The van der Waals surface area contributed by atoms with Crippen LogP contribution in [0.15, 0.2) is 97.2 Å². The molecule has 0 saturated heterocycles. The van der Waals surface area contributed by atoms with Gasteiger partial charge in [-0.05, 0) is 59.7 Å². The van der Waals surface area contributed by atoms with E-state index in [1.54, 1.807) is 0 Å². The van der Waals surface area contributed by atoms with Crippen LogP contribution in [0, 0.1) is 0 Å². The van der Waals surface area contributed by atoms with Crippen molar-refractivity contribution < 1.29 is 54.5 Å². The van der Waals surface area contributed by atoms with E-state index in [1.807, 2.05) is 0 Å². The summed E-state index contributed by atoms with van der Waals surface area (Å²) in [6.45, 7) is 0. The molecule has 2 heterocycles. The second kappa shape index (κ2) is 11.6. The van der Waals surface area contributed by atoms with Crippen molar-refractivity contribution in [3.05, 3.63) is 114 Å². The Morgan fingerprint density at radius 2 is 1.29 bits per heavy atom. The maximum atomic E-state index is 15.3. The third-order valence-corrected chi connectivity index (χ3v) is 6.32. The van der Waals surface area contributed by atoms with Gasteiger partial charge >= 0.3 is 24.6 Å². The fraction of sp³-hybridized carbons (Fsp3) is 0.100. The van der Waals surface area contributed by atoms with Crippen molar-refractivity contribution in [2.75, 3.05) is 0 Å². The molecule has 0 aliphatic rings. The summed E-state index contributed by atoms with van der Waals surface area (Å²) >= 11 is 0. The molecule has 0 unspecified atom stereocenters. The Labute approximate surface area is 247 Å². The van der Waals surface area contributed by atoms with Gasteiger partial charge < -0.3 is 14.6 Å². The number of alkyl halides is 8. The van der Waals surface area contributed by atoms with E-state index in [-0.39, 0.29) is 17.0 Å². The number of benzene rings is 3. The molecular formula is C30H17F8N3O4. The molecule has 0 saturated carbocycles. The lowest BCUT2D eigenvalue weighted by atomic mass is 10.0. The molecule has 2 aromatic heterocycles. The number of hydrogen-bond donors (Lipinski definition) is 1. The molecule has 0 atom stereocenters.